The molecule has 1 aromatic heterocycles. The van der Waals surface area contributed by atoms with Crippen molar-refractivity contribution in [3.63, 3.8) is 0 Å². The SMILES string of the molecule is CC(C)NCc1cnc(Oc2ccccc2C(C)C)cn1. The number of nitrogens with zero attached hydrogens (tertiary/aromatic N) is 2. The first-order valence-electron chi connectivity index (χ1n) is 7.37. The van der Waals surface area contributed by atoms with Gasteiger partial charge in [-0.15, -0.1) is 0 Å². The lowest BCUT2D eigenvalue weighted by atomic mass is 10.0. The van der Waals surface area contributed by atoms with E-state index in [1.807, 2.05) is 18.2 Å². The zero-order valence-electron chi connectivity index (χ0n) is 13.1. The summed E-state index contributed by atoms with van der Waals surface area (Å²) in [6.45, 7) is 9.22. The fourth-order valence-electron chi connectivity index (χ4n) is 1.96. The average molecular weight is 285 g/mol. The van der Waals surface area contributed by atoms with E-state index in [-0.39, 0.29) is 0 Å². The molecule has 4 heteroatoms. The summed E-state index contributed by atoms with van der Waals surface area (Å²) >= 11 is 0. The molecule has 0 bridgehead atoms. The molecule has 0 saturated heterocycles. The van der Waals surface area contributed by atoms with Crippen LogP contribution in [0.2, 0.25) is 0 Å². The van der Waals surface area contributed by atoms with E-state index in [2.05, 4.69) is 49.0 Å². The summed E-state index contributed by atoms with van der Waals surface area (Å²) in [7, 11) is 0. The van der Waals surface area contributed by atoms with Crippen molar-refractivity contribution in [1.82, 2.24) is 15.3 Å². The van der Waals surface area contributed by atoms with Crippen LogP contribution in [0.1, 0.15) is 44.9 Å². The third-order valence-corrected chi connectivity index (χ3v) is 3.13. The van der Waals surface area contributed by atoms with Crippen molar-refractivity contribution < 1.29 is 4.74 Å². The van der Waals surface area contributed by atoms with Gasteiger partial charge in [-0.3, -0.25) is 4.98 Å². The molecule has 1 heterocycles. The monoisotopic (exact) mass is 285 g/mol. The largest absolute Gasteiger partial charge is 0.437 e. The maximum absolute atomic E-state index is 5.86. The number of ether oxygens (including phenoxy) is 1. The van der Waals surface area contributed by atoms with Gasteiger partial charge in [-0.1, -0.05) is 45.9 Å². The molecule has 2 rings (SSSR count). The van der Waals surface area contributed by atoms with Crippen molar-refractivity contribution in [2.75, 3.05) is 0 Å². The fraction of sp³-hybridized carbons (Fsp3) is 0.412. The molecule has 1 N–H and O–H groups in total. The van der Waals surface area contributed by atoms with Gasteiger partial charge in [0, 0.05) is 12.6 Å². The lowest BCUT2D eigenvalue weighted by molar-refractivity contribution is 0.450. The van der Waals surface area contributed by atoms with E-state index in [1.54, 1.807) is 12.4 Å². The van der Waals surface area contributed by atoms with Crippen LogP contribution in [0.15, 0.2) is 36.7 Å². The standard InChI is InChI=1S/C17H23N3O/c1-12(2)15-7-5-6-8-16(15)21-17-11-19-14(10-20-17)9-18-13(3)4/h5-8,10-13,18H,9H2,1-4H3. The van der Waals surface area contributed by atoms with Gasteiger partial charge in [0.1, 0.15) is 5.75 Å². The normalized spacial score (nSPS) is 11.1. The second-order valence-corrected chi connectivity index (χ2v) is 5.68. The first kappa shape index (κ1) is 15.4. The molecule has 0 amide bonds. The second kappa shape index (κ2) is 7.18. The molecular formula is C17H23N3O. The maximum Gasteiger partial charge on any atom is 0.237 e. The molecule has 21 heavy (non-hydrogen) atoms. The van der Waals surface area contributed by atoms with Crippen molar-refractivity contribution in [3.8, 4) is 11.6 Å². The Morgan fingerprint density at radius 2 is 1.81 bits per heavy atom. The Labute approximate surface area is 126 Å². The van der Waals surface area contributed by atoms with E-state index >= 15 is 0 Å². The molecule has 0 aliphatic rings. The maximum atomic E-state index is 5.86. The number of hydrogen-bond donors (Lipinski definition) is 1. The third-order valence-electron chi connectivity index (χ3n) is 3.13. The topological polar surface area (TPSA) is 47.0 Å². The zero-order chi connectivity index (χ0) is 15.2. The van der Waals surface area contributed by atoms with Gasteiger partial charge in [-0.05, 0) is 17.5 Å². The number of rotatable bonds is 6. The molecule has 0 aliphatic carbocycles. The van der Waals surface area contributed by atoms with Crippen molar-refractivity contribution in [2.45, 2.75) is 46.2 Å². The Balaban J connectivity index is 2.07. The van der Waals surface area contributed by atoms with Gasteiger partial charge in [-0.2, -0.15) is 0 Å². The number of para-hydroxylation sites is 1. The lowest BCUT2D eigenvalue weighted by Crippen LogP contribution is -2.22. The predicted molar refractivity (Wildman–Crippen MR) is 84.6 cm³/mol. The van der Waals surface area contributed by atoms with Gasteiger partial charge in [0.15, 0.2) is 0 Å². The van der Waals surface area contributed by atoms with Crippen molar-refractivity contribution in [3.05, 3.63) is 47.9 Å². The van der Waals surface area contributed by atoms with Gasteiger partial charge in [0.2, 0.25) is 5.88 Å². The van der Waals surface area contributed by atoms with Gasteiger partial charge >= 0.3 is 0 Å². The molecule has 2 aromatic rings. The van der Waals surface area contributed by atoms with Gasteiger partial charge < -0.3 is 10.1 Å². The van der Waals surface area contributed by atoms with Crippen LogP contribution in [0, 0.1) is 0 Å². The first-order chi connectivity index (χ1) is 10.1. The lowest BCUT2D eigenvalue weighted by Gasteiger charge is -2.13. The Bertz CT molecular complexity index is 565. The fourth-order valence-corrected chi connectivity index (χ4v) is 1.96. The molecule has 0 fully saturated rings. The molecular weight excluding hydrogens is 262 g/mol. The Hall–Kier alpha value is -1.94. The van der Waals surface area contributed by atoms with Crippen LogP contribution >= 0.6 is 0 Å². The first-order valence-corrected chi connectivity index (χ1v) is 7.37. The predicted octanol–water partition coefficient (Wildman–Crippen LogP) is 3.89. The van der Waals surface area contributed by atoms with Gasteiger partial charge in [0.25, 0.3) is 0 Å². The minimum atomic E-state index is 0.406. The highest BCUT2D eigenvalue weighted by molar-refractivity contribution is 5.37. The third kappa shape index (κ3) is 4.53. The Morgan fingerprint density at radius 3 is 2.43 bits per heavy atom. The van der Waals surface area contributed by atoms with Crippen LogP contribution in [0.4, 0.5) is 0 Å². The molecule has 0 atom stereocenters. The Morgan fingerprint density at radius 1 is 1.05 bits per heavy atom. The van der Waals surface area contributed by atoms with E-state index in [4.69, 9.17) is 4.74 Å². The van der Waals surface area contributed by atoms with Gasteiger partial charge in [0.05, 0.1) is 18.1 Å². The van der Waals surface area contributed by atoms with Crippen LogP contribution in [0.3, 0.4) is 0 Å². The van der Waals surface area contributed by atoms with E-state index in [9.17, 15) is 0 Å². The van der Waals surface area contributed by atoms with E-state index in [1.165, 1.54) is 5.56 Å². The minimum absolute atomic E-state index is 0.406. The highest BCUT2D eigenvalue weighted by Crippen LogP contribution is 2.29. The summed E-state index contributed by atoms with van der Waals surface area (Å²) in [6.07, 6.45) is 3.43. The van der Waals surface area contributed by atoms with Crippen LogP contribution in [0.25, 0.3) is 0 Å². The summed E-state index contributed by atoms with van der Waals surface area (Å²) in [4.78, 5) is 8.70. The molecule has 112 valence electrons. The zero-order valence-corrected chi connectivity index (χ0v) is 13.1. The molecule has 0 radical (unpaired) electrons. The molecule has 1 aromatic carbocycles. The van der Waals surface area contributed by atoms with Gasteiger partial charge in [-0.25, -0.2) is 4.98 Å². The summed E-state index contributed by atoms with van der Waals surface area (Å²) in [5.74, 6) is 1.77. The van der Waals surface area contributed by atoms with Crippen molar-refractivity contribution >= 4 is 0 Å². The van der Waals surface area contributed by atoms with E-state index in [0.717, 1.165) is 11.4 Å². The molecule has 0 unspecified atom stereocenters. The van der Waals surface area contributed by atoms with E-state index in [0.29, 0.717) is 24.4 Å². The molecule has 0 aliphatic heterocycles. The van der Waals surface area contributed by atoms with Crippen LogP contribution in [0.5, 0.6) is 11.6 Å². The second-order valence-electron chi connectivity index (χ2n) is 5.68. The number of aromatic nitrogens is 2. The van der Waals surface area contributed by atoms with Crippen LogP contribution in [-0.2, 0) is 6.54 Å². The molecule has 0 saturated carbocycles. The average Bonchev–Trinajstić information content (AvgIpc) is 2.47. The summed E-state index contributed by atoms with van der Waals surface area (Å²) in [5.41, 5.74) is 2.08. The number of hydrogen-bond acceptors (Lipinski definition) is 4. The van der Waals surface area contributed by atoms with Crippen molar-refractivity contribution in [2.24, 2.45) is 0 Å². The summed E-state index contributed by atoms with van der Waals surface area (Å²) in [5, 5.41) is 3.31. The summed E-state index contributed by atoms with van der Waals surface area (Å²) in [6, 6.07) is 8.46. The van der Waals surface area contributed by atoms with E-state index < -0.39 is 0 Å². The van der Waals surface area contributed by atoms with Crippen LogP contribution in [-0.4, -0.2) is 16.0 Å². The quantitative estimate of drug-likeness (QED) is 0.874. The number of nitrogens with one attached hydrogen (secondary N) is 1. The minimum Gasteiger partial charge on any atom is -0.437 e. The highest BCUT2D eigenvalue weighted by Gasteiger charge is 2.08. The highest BCUT2D eigenvalue weighted by atomic mass is 16.5. The van der Waals surface area contributed by atoms with Crippen molar-refractivity contribution in [1.29, 1.82) is 0 Å². The van der Waals surface area contributed by atoms with Crippen LogP contribution < -0.4 is 10.1 Å². The summed E-state index contributed by atoms with van der Waals surface area (Å²) < 4.78 is 5.86. The Kier molecular flexibility index (Phi) is 5.28. The molecule has 4 nitrogen and oxygen atoms in total. The molecule has 0 spiro atoms. The smallest absolute Gasteiger partial charge is 0.237 e. The number of benzene rings is 1.